The van der Waals surface area contributed by atoms with Crippen LogP contribution in [-0.2, 0) is 4.79 Å². The molecule has 1 aliphatic rings. The van der Waals surface area contributed by atoms with Crippen molar-refractivity contribution < 1.29 is 4.79 Å². The van der Waals surface area contributed by atoms with E-state index in [2.05, 4.69) is 59.6 Å². The summed E-state index contributed by atoms with van der Waals surface area (Å²) in [7, 11) is 1.93. The van der Waals surface area contributed by atoms with Crippen molar-refractivity contribution in [1.29, 1.82) is 0 Å². The number of nitrogens with zero attached hydrogens (tertiary/aromatic N) is 2. The molecule has 0 saturated carbocycles. The molecule has 1 aliphatic heterocycles. The van der Waals surface area contributed by atoms with Gasteiger partial charge >= 0.3 is 0 Å². The number of hydrogen-bond donors (Lipinski definition) is 2. The minimum atomic E-state index is 0.125. The molecular formula is C26H36N4O. The van der Waals surface area contributed by atoms with E-state index in [1.165, 1.54) is 5.56 Å². The fourth-order valence-electron chi connectivity index (χ4n) is 4.36. The van der Waals surface area contributed by atoms with Gasteiger partial charge in [-0.2, -0.15) is 0 Å². The van der Waals surface area contributed by atoms with Crippen LogP contribution in [0.1, 0.15) is 35.1 Å². The number of nitrogens with one attached hydrogen (secondary N) is 1. The van der Waals surface area contributed by atoms with Crippen LogP contribution in [0.25, 0.3) is 6.08 Å². The fraction of sp³-hybridized carbons (Fsp3) is 0.423. The van der Waals surface area contributed by atoms with Crippen LogP contribution in [0.15, 0.2) is 42.5 Å². The van der Waals surface area contributed by atoms with Gasteiger partial charge in [0.05, 0.1) is 6.54 Å². The summed E-state index contributed by atoms with van der Waals surface area (Å²) in [6.45, 7) is 9.35. The molecule has 1 saturated heterocycles. The van der Waals surface area contributed by atoms with E-state index in [1.807, 2.05) is 31.9 Å². The zero-order chi connectivity index (χ0) is 22.4. The lowest BCUT2D eigenvalue weighted by Gasteiger charge is -2.36. The zero-order valence-electron chi connectivity index (χ0n) is 19.3. The largest absolute Gasteiger partial charge is 0.398 e. The number of benzene rings is 2. The summed E-state index contributed by atoms with van der Waals surface area (Å²) in [5.74, 6) is 0.125. The molecule has 1 amide bonds. The van der Waals surface area contributed by atoms with Crippen LogP contribution in [0.3, 0.4) is 0 Å². The van der Waals surface area contributed by atoms with E-state index in [9.17, 15) is 4.79 Å². The molecule has 1 fully saturated rings. The van der Waals surface area contributed by atoms with Gasteiger partial charge in [0.15, 0.2) is 0 Å². The monoisotopic (exact) mass is 420 g/mol. The first-order valence-electron chi connectivity index (χ1n) is 11.2. The maximum Gasteiger partial charge on any atom is 0.241 e. The highest BCUT2D eigenvalue weighted by Crippen LogP contribution is 2.28. The molecule has 2 aromatic carbocycles. The van der Waals surface area contributed by atoms with Crippen LogP contribution in [0.2, 0.25) is 0 Å². The number of rotatable bonds is 7. The molecule has 0 bridgehead atoms. The molecule has 1 heterocycles. The number of hydrogen-bond acceptors (Lipinski definition) is 4. The van der Waals surface area contributed by atoms with E-state index in [1.54, 1.807) is 0 Å². The van der Waals surface area contributed by atoms with E-state index >= 15 is 0 Å². The third kappa shape index (κ3) is 5.88. The van der Waals surface area contributed by atoms with Gasteiger partial charge in [0.1, 0.15) is 0 Å². The summed E-state index contributed by atoms with van der Waals surface area (Å²) in [5, 5.41) is 3.33. The predicted molar refractivity (Wildman–Crippen MR) is 131 cm³/mol. The van der Waals surface area contributed by atoms with E-state index < -0.39 is 0 Å². The molecule has 0 radical (unpaired) electrons. The van der Waals surface area contributed by atoms with Gasteiger partial charge < -0.3 is 16.0 Å². The van der Waals surface area contributed by atoms with Crippen molar-refractivity contribution in [2.45, 2.75) is 39.7 Å². The van der Waals surface area contributed by atoms with Crippen molar-refractivity contribution in [3.63, 3.8) is 0 Å². The normalized spacial score (nSPS) is 15.4. The molecule has 0 aliphatic carbocycles. The number of nitrogen functional groups attached to an aromatic ring is 1. The number of anilines is 2. The Bertz CT molecular complexity index is 915. The number of carbonyl (C=O) groups excluding carboxylic acids is 1. The van der Waals surface area contributed by atoms with Crippen molar-refractivity contribution in [3.05, 3.63) is 64.7 Å². The van der Waals surface area contributed by atoms with Crippen LogP contribution >= 0.6 is 0 Å². The second kappa shape index (κ2) is 10.5. The van der Waals surface area contributed by atoms with E-state index in [0.717, 1.165) is 60.5 Å². The van der Waals surface area contributed by atoms with E-state index in [4.69, 9.17) is 5.73 Å². The molecule has 0 atom stereocenters. The lowest BCUT2D eigenvalue weighted by Crippen LogP contribution is -2.47. The molecule has 0 aromatic heterocycles. The van der Waals surface area contributed by atoms with Crippen LogP contribution in [0, 0.1) is 20.8 Å². The Balaban J connectivity index is 1.46. The first-order chi connectivity index (χ1) is 14.9. The Morgan fingerprint density at radius 1 is 1.16 bits per heavy atom. The standard InChI is InChI=1S/C26H36N4O/c1-19-17-20(2)26(21(3)25(19)27)28-18-24(31)29(4)23-12-15-30(16-13-23)14-8-11-22-9-6-5-7-10-22/h5-11,17,23,28H,12-16,18,27H2,1-4H3. The molecule has 5 nitrogen and oxygen atoms in total. The highest BCUT2D eigenvalue weighted by atomic mass is 16.2. The van der Waals surface area contributed by atoms with Gasteiger partial charge in [-0.1, -0.05) is 48.6 Å². The van der Waals surface area contributed by atoms with E-state index in [-0.39, 0.29) is 5.91 Å². The Morgan fingerprint density at radius 3 is 2.52 bits per heavy atom. The van der Waals surface area contributed by atoms with Crippen molar-refractivity contribution >= 4 is 23.4 Å². The molecule has 0 unspecified atom stereocenters. The van der Waals surface area contributed by atoms with Gasteiger partial charge in [0, 0.05) is 44.1 Å². The summed E-state index contributed by atoms with van der Waals surface area (Å²) in [6, 6.07) is 12.8. The Labute approximate surface area is 186 Å². The molecule has 166 valence electrons. The molecule has 0 spiro atoms. The summed E-state index contributed by atoms with van der Waals surface area (Å²) in [5.41, 5.74) is 12.4. The first-order valence-corrected chi connectivity index (χ1v) is 11.2. The Kier molecular flexibility index (Phi) is 7.75. The summed E-state index contributed by atoms with van der Waals surface area (Å²) >= 11 is 0. The number of aryl methyl sites for hydroxylation is 2. The van der Waals surface area contributed by atoms with Gasteiger partial charge in [-0.3, -0.25) is 9.69 Å². The second-order valence-corrected chi connectivity index (χ2v) is 8.63. The van der Waals surface area contributed by atoms with Crippen LogP contribution in [0.4, 0.5) is 11.4 Å². The molecule has 5 heteroatoms. The van der Waals surface area contributed by atoms with Gasteiger partial charge in [-0.05, 0) is 55.9 Å². The smallest absolute Gasteiger partial charge is 0.241 e. The fourth-order valence-corrected chi connectivity index (χ4v) is 4.36. The number of likely N-dealkylation sites (N-methyl/N-ethyl adjacent to an activating group) is 1. The predicted octanol–water partition coefficient (Wildman–Crippen LogP) is 4.24. The highest BCUT2D eigenvalue weighted by molar-refractivity contribution is 5.82. The number of likely N-dealkylation sites (tertiary alicyclic amines) is 1. The third-order valence-corrected chi connectivity index (χ3v) is 6.42. The quantitative estimate of drug-likeness (QED) is 0.658. The topological polar surface area (TPSA) is 61.6 Å². The number of nitrogens with two attached hydrogens (primary N) is 1. The van der Waals surface area contributed by atoms with Crippen LogP contribution in [-0.4, -0.2) is 55.0 Å². The molecule has 31 heavy (non-hydrogen) atoms. The molecule has 3 rings (SSSR count). The maximum atomic E-state index is 12.8. The average Bonchev–Trinajstić information content (AvgIpc) is 2.78. The Hall–Kier alpha value is -2.79. The molecular weight excluding hydrogens is 384 g/mol. The minimum absolute atomic E-state index is 0.125. The summed E-state index contributed by atoms with van der Waals surface area (Å²) in [4.78, 5) is 17.2. The number of amides is 1. The third-order valence-electron chi connectivity index (χ3n) is 6.42. The zero-order valence-corrected chi connectivity index (χ0v) is 19.3. The van der Waals surface area contributed by atoms with Crippen molar-refractivity contribution in [3.8, 4) is 0 Å². The van der Waals surface area contributed by atoms with Gasteiger partial charge in [-0.25, -0.2) is 0 Å². The van der Waals surface area contributed by atoms with Crippen LogP contribution in [0.5, 0.6) is 0 Å². The molecule has 2 aromatic rings. The lowest BCUT2D eigenvalue weighted by atomic mass is 10.0. The van der Waals surface area contributed by atoms with Crippen molar-refractivity contribution in [2.24, 2.45) is 0 Å². The van der Waals surface area contributed by atoms with Crippen molar-refractivity contribution in [1.82, 2.24) is 9.80 Å². The highest BCUT2D eigenvalue weighted by Gasteiger charge is 2.25. The SMILES string of the molecule is Cc1cc(C)c(NCC(=O)N(C)C2CCN(CC=Cc3ccccc3)CC2)c(C)c1N. The Morgan fingerprint density at radius 2 is 1.84 bits per heavy atom. The first kappa shape index (κ1) is 22.9. The second-order valence-electron chi connectivity index (χ2n) is 8.63. The van der Waals surface area contributed by atoms with Gasteiger partial charge in [0.25, 0.3) is 0 Å². The lowest BCUT2D eigenvalue weighted by molar-refractivity contribution is -0.130. The van der Waals surface area contributed by atoms with Gasteiger partial charge in [0.2, 0.25) is 5.91 Å². The summed E-state index contributed by atoms with van der Waals surface area (Å²) < 4.78 is 0. The van der Waals surface area contributed by atoms with Crippen molar-refractivity contribution in [2.75, 3.05) is 44.3 Å². The van der Waals surface area contributed by atoms with E-state index in [0.29, 0.717) is 12.6 Å². The number of carbonyl (C=O) groups is 1. The maximum absolute atomic E-state index is 12.8. The average molecular weight is 421 g/mol. The minimum Gasteiger partial charge on any atom is -0.398 e. The molecule has 3 N–H and O–H groups in total. The number of piperidine rings is 1. The van der Waals surface area contributed by atoms with Gasteiger partial charge in [-0.15, -0.1) is 0 Å². The summed E-state index contributed by atoms with van der Waals surface area (Å²) in [6.07, 6.45) is 6.43. The van der Waals surface area contributed by atoms with Crippen LogP contribution < -0.4 is 11.1 Å².